The van der Waals surface area contributed by atoms with Gasteiger partial charge in [-0.05, 0) is 69.0 Å². The molecule has 2 aliphatic heterocycles. The number of piperidine rings is 1. The van der Waals surface area contributed by atoms with Crippen molar-refractivity contribution in [1.29, 1.82) is 0 Å². The van der Waals surface area contributed by atoms with E-state index in [9.17, 15) is 4.79 Å². The summed E-state index contributed by atoms with van der Waals surface area (Å²) in [6.45, 7) is 9.65. The average Bonchev–Trinajstić information content (AvgIpc) is 2.69. The number of benzene rings is 2. The zero-order chi connectivity index (χ0) is 20.6. The number of ketones is 1. The maximum atomic E-state index is 13.9. The van der Waals surface area contributed by atoms with Crippen molar-refractivity contribution in [2.24, 2.45) is 5.92 Å². The molecular formula is C24H28BrNO2S. The molecule has 2 aromatic rings. The van der Waals surface area contributed by atoms with Gasteiger partial charge in [0.05, 0.1) is 5.56 Å². The number of fused-ring (bicyclic) bond motifs is 1. The second-order valence-corrected chi connectivity index (χ2v) is 10.9. The first-order chi connectivity index (χ1) is 13.9. The first-order valence-electron chi connectivity index (χ1n) is 10.3. The molecule has 5 heteroatoms. The van der Waals surface area contributed by atoms with E-state index in [0.717, 1.165) is 34.6 Å². The Morgan fingerprint density at radius 2 is 2.00 bits per heavy atom. The Hall–Kier alpha value is -1.30. The second kappa shape index (κ2) is 8.44. The van der Waals surface area contributed by atoms with Crippen molar-refractivity contribution in [3.63, 3.8) is 0 Å². The van der Waals surface area contributed by atoms with Gasteiger partial charge in [-0.1, -0.05) is 40.5 Å². The third-order valence-corrected chi connectivity index (χ3v) is 8.12. The van der Waals surface area contributed by atoms with E-state index in [1.807, 2.05) is 19.1 Å². The molecule has 0 aliphatic carbocycles. The van der Waals surface area contributed by atoms with Crippen LogP contribution < -0.4 is 4.74 Å². The van der Waals surface area contributed by atoms with Gasteiger partial charge < -0.3 is 9.64 Å². The van der Waals surface area contributed by atoms with E-state index < -0.39 is 4.75 Å². The van der Waals surface area contributed by atoms with Crippen LogP contribution in [0.25, 0.3) is 0 Å². The van der Waals surface area contributed by atoms with Crippen LogP contribution >= 0.6 is 27.7 Å². The lowest BCUT2D eigenvalue weighted by molar-refractivity contribution is 0.0786. The minimum atomic E-state index is -0.631. The molecule has 0 N–H and O–H groups in total. The van der Waals surface area contributed by atoms with E-state index >= 15 is 0 Å². The molecule has 0 amide bonds. The number of hydrogen-bond acceptors (Lipinski definition) is 4. The van der Waals surface area contributed by atoms with Gasteiger partial charge in [-0.2, -0.15) is 0 Å². The molecular weight excluding hydrogens is 446 g/mol. The fraction of sp³-hybridized carbons (Fsp3) is 0.458. The molecule has 0 bridgehead atoms. The van der Waals surface area contributed by atoms with Crippen LogP contribution in [0.5, 0.6) is 5.75 Å². The van der Waals surface area contributed by atoms with Gasteiger partial charge in [0.1, 0.15) is 17.1 Å². The fourth-order valence-electron chi connectivity index (χ4n) is 4.31. The number of likely N-dealkylation sites (tertiary alicyclic amines) is 1. The lowest BCUT2D eigenvalue weighted by Crippen LogP contribution is -2.54. The smallest absolute Gasteiger partial charge is 0.187 e. The number of aryl methyl sites for hydroxylation is 2. The number of Topliss-reactive ketones (excluding diaryl/α,β-unsaturated/α-hetero) is 1. The third-order valence-electron chi connectivity index (χ3n) is 5.93. The van der Waals surface area contributed by atoms with E-state index in [-0.39, 0.29) is 5.78 Å². The van der Waals surface area contributed by atoms with E-state index in [1.54, 1.807) is 11.8 Å². The molecule has 0 saturated carbocycles. The minimum Gasteiger partial charge on any atom is -0.491 e. The van der Waals surface area contributed by atoms with Gasteiger partial charge in [-0.15, -0.1) is 11.8 Å². The Bertz CT molecular complexity index is 914. The normalized spacial score (nSPS) is 24.8. The molecule has 0 spiro atoms. The highest BCUT2D eigenvalue weighted by Gasteiger charge is 2.47. The van der Waals surface area contributed by atoms with Crippen molar-refractivity contribution < 1.29 is 9.53 Å². The zero-order valence-electron chi connectivity index (χ0n) is 17.3. The molecule has 0 radical (unpaired) electrons. The molecule has 2 aromatic carbocycles. The first-order valence-corrected chi connectivity index (χ1v) is 11.9. The number of carbonyl (C=O) groups is 1. The van der Waals surface area contributed by atoms with Gasteiger partial charge >= 0.3 is 0 Å². The van der Waals surface area contributed by atoms with Crippen LogP contribution in [0.1, 0.15) is 41.3 Å². The summed E-state index contributed by atoms with van der Waals surface area (Å²) in [5.74, 6) is 1.57. The summed E-state index contributed by atoms with van der Waals surface area (Å²) in [4.78, 5) is 17.5. The number of thioether (sulfide) groups is 1. The quantitative estimate of drug-likeness (QED) is 0.552. The third kappa shape index (κ3) is 4.42. The van der Waals surface area contributed by atoms with Gasteiger partial charge in [0.15, 0.2) is 5.78 Å². The largest absolute Gasteiger partial charge is 0.491 e. The summed E-state index contributed by atoms with van der Waals surface area (Å²) in [5.41, 5.74) is 3.00. The van der Waals surface area contributed by atoms with Gasteiger partial charge in [0.2, 0.25) is 0 Å². The summed E-state index contributed by atoms with van der Waals surface area (Å²) in [7, 11) is 0. The van der Waals surface area contributed by atoms with Crippen molar-refractivity contribution in [3.05, 3.63) is 57.6 Å². The highest BCUT2D eigenvalue weighted by Crippen LogP contribution is 2.43. The predicted octanol–water partition coefficient (Wildman–Crippen LogP) is 5.90. The summed E-state index contributed by atoms with van der Waals surface area (Å²) >= 11 is 5.26. The second-order valence-electron chi connectivity index (χ2n) is 8.61. The van der Waals surface area contributed by atoms with E-state index in [1.165, 1.54) is 18.4 Å². The highest BCUT2D eigenvalue weighted by molar-refractivity contribution is 9.10. The molecule has 0 aromatic heterocycles. The van der Waals surface area contributed by atoms with Crippen molar-refractivity contribution in [2.45, 2.75) is 43.3 Å². The lowest BCUT2D eigenvalue weighted by atomic mass is 9.91. The van der Waals surface area contributed by atoms with Crippen LogP contribution in [0.2, 0.25) is 0 Å². The Kier molecular flexibility index (Phi) is 6.10. The van der Waals surface area contributed by atoms with Gasteiger partial charge in [-0.25, -0.2) is 0 Å². The highest BCUT2D eigenvalue weighted by atomic mass is 79.9. The average molecular weight is 474 g/mol. The van der Waals surface area contributed by atoms with Crippen molar-refractivity contribution in [3.8, 4) is 5.75 Å². The summed E-state index contributed by atoms with van der Waals surface area (Å²) in [6, 6.07) is 12.4. The number of nitrogens with zero attached hydrogens (tertiary/aromatic N) is 1. The zero-order valence-corrected chi connectivity index (χ0v) is 19.7. The van der Waals surface area contributed by atoms with Crippen LogP contribution in [0, 0.1) is 19.8 Å². The summed E-state index contributed by atoms with van der Waals surface area (Å²) in [5, 5.41) is 0. The maximum absolute atomic E-state index is 13.9. The number of rotatable bonds is 4. The monoisotopic (exact) mass is 473 g/mol. The van der Waals surface area contributed by atoms with Gasteiger partial charge in [0.25, 0.3) is 0 Å². The van der Waals surface area contributed by atoms with Gasteiger partial charge in [0, 0.05) is 22.5 Å². The Labute approximate surface area is 186 Å². The SMILES string of the molecule is Cc1ccc(S[C@@]2(CN3CCC[C@@H](C)C3)COc3cc(C)c(Br)cc3C2=O)cc1. The topological polar surface area (TPSA) is 29.5 Å². The van der Waals surface area contributed by atoms with Crippen LogP contribution in [0.15, 0.2) is 45.8 Å². The molecule has 0 unspecified atom stereocenters. The van der Waals surface area contributed by atoms with Crippen LogP contribution in [0.3, 0.4) is 0 Å². The summed E-state index contributed by atoms with van der Waals surface area (Å²) in [6.07, 6.45) is 2.47. The molecule has 2 atom stereocenters. The van der Waals surface area contributed by atoms with Crippen LogP contribution in [-0.4, -0.2) is 41.7 Å². The van der Waals surface area contributed by atoms with Crippen molar-refractivity contribution >= 4 is 33.5 Å². The Morgan fingerprint density at radius 3 is 2.72 bits per heavy atom. The number of hydrogen-bond donors (Lipinski definition) is 0. The molecule has 4 rings (SSSR count). The maximum Gasteiger partial charge on any atom is 0.187 e. The van der Waals surface area contributed by atoms with Crippen LogP contribution in [0.4, 0.5) is 0 Å². The molecule has 2 heterocycles. The molecule has 154 valence electrons. The van der Waals surface area contributed by atoms with Crippen molar-refractivity contribution in [1.82, 2.24) is 4.90 Å². The number of ether oxygens (including phenoxy) is 1. The lowest BCUT2D eigenvalue weighted by Gasteiger charge is -2.41. The predicted molar refractivity (Wildman–Crippen MR) is 123 cm³/mol. The van der Waals surface area contributed by atoms with E-state index in [2.05, 4.69) is 58.9 Å². The molecule has 3 nitrogen and oxygen atoms in total. The summed E-state index contributed by atoms with van der Waals surface area (Å²) < 4.78 is 6.54. The van der Waals surface area contributed by atoms with Gasteiger partial charge in [-0.3, -0.25) is 4.79 Å². The molecule has 1 fully saturated rings. The standard InChI is InChI=1S/C24H28BrNO2S/c1-16-6-8-19(9-7-16)29-24(14-26-10-4-5-17(2)13-26)15-28-22-11-18(3)21(25)12-20(22)23(24)27/h6-9,11-12,17H,4-5,10,13-15H2,1-3H3/t17-,24+/m1/s1. The number of halogens is 1. The van der Waals surface area contributed by atoms with Crippen molar-refractivity contribution in [2.75, 3.05) is 26.2 Å². The number of carbonyl (C=O) groups excluding carboxylic acids is 1. The van der Waals surface area contributed by atoms with E-state index in [0.29, 0.717) is 23.8 Å². The first kappa shape index (κ1) is 21.0. The Balaban J connectivity index is 1.70. The molecule has 29 heavy (non-hydrogen) atoms. The minimum absolute atomic E-state index is 0.184. The van der Waals surface area contributed by atoms with Crippen LogP contribution in [-0.2, 0) is 0 Å². The van der Waals surface area contributed by atoms with E-state index in [4.69, 9.17) is 4.74 Å². The fourth-order valence-corrected chi connectivity index (χ4v) is 5.94. The molecule has 2 aliphatic rings. The molecule has 1 saturated heterocycles. The Morgan fingerprint density at radius 1 is 1.24 bits per heavy atom.